The molecule has 3 rings (SSSR count). The van der Waals surface area contributed by atoms with E-state index in [1.807, 2.05) is 0 Å². The van der Waals surface area contributed by atoms with Gasteiger partial charge in [-0.1, -0.05) is 30.1 Å². The Hall–Kier alpha value is -2.50. The van der Waals surface area contributed by atoms with Crippen LogP contribution < -0.4 is 9.47 Å². The Morgan fingerprint density at radius 2 is 2.03 bits per heavy atom. The van der Waals surface area contributed by atoms with Crippen LogP contribution in [-0.2, 0) is 7.05 Å². The first-order chi connectivity index (χ1) is 14.6. The number of carboxylic acids is 1. The van der Waals surface area contributed by atoms with Gasteiger partial charge in [-0.25, -0.2) is 18.9 Å². The predicted molar refractivity (Wildman–Crippen MR) is 108 cm³/mol. The summed E-state index contributed by atoms with van der Waals surface area (Å²) in [5, 5.41) is 14.4. The molecule has 0 saturated carbocycles. The molecule has 0 radical (unpaired) electrons. The molecular formula is C18H14Cl2F3N3O4S. The van der Waals surface area contributed by atoms with Gasteiger partial charge in [-0.3, -0.25) is 0 Å². The number of carboxylic acid groups (broad SMARTS) is 1. The summed E-state index contributed by atoms with van der Waals surface area (Å²) >= 11 is 13.3. The number of ether oxygens (including phenoxy) is 2. The molecule has 1 atom stereocenters. The van der Waals surface area contributed by atoms with Crippen LogP contribution in [0.4, 0.5) is 13.2 Å². The van der Waals surface area contributed by atoms with E-state index in [-0.39, 0.29) is 32.7 Å². The summed E-state index contributed by atoms with van der Waals surface area (Å²) in [4.78, 5) is 15.1. The number of halogens is 5. The zero-order chi connectivity index (χ0) is 22.9. The van der Waals surface area contributed by atoms with E-state index in [2.05, 4.69) is 14.8 Å². The second-order valence-corrected chi connectivity index (χ2v) is 7.80. The summed E-state index contributed by atoms with van der Waals surface area (Å²) < 4.78 is 51.0. The lowest BCUT2D eigenvalue weighted by molar-refractivity contribution is -0.0552. The molecule has 0 saturated heterocycles. The molecule has 0 aliphatic carbocycles. The first kappa shape index (κ1) is 23.2. The maximum absolute atomic E-state index is 14.6. The van der Waals surface area contributed by atoms with Crippen LogP contribution in [0, 0.1) is 5.82 Å². The second kappa shape index (κ2) is 9.33. The highest BCUT2D eigenvalue weighted by atomic mass is 35.5. The zero-order valence-corrected chi connectivity index (χ0v) is 18.2. The molecule has 3 aromatic rings. The Morgan fingerprint density at radius 1 is 1.32 bits per heavy atom. The van der Waals surface area contributed by atoms with Crippen molar-refractivity contribution in [2.75, 3.05) is 0 Å². The quantitative estimate of drug-likeness (QED) is 0.423. The van der Waals surface area contributed by atoms with Gasteiger partial charge in [0, 0.05) is 18.0 Å². The van der Waals surface area contributed by atoms with Crippen LogP contribution in [0.3, 0.4) is 0 Å². The summed E-state index contributed by atoms with van der Waals surface area (Å²) in [6.07, 6.45) is -0.252. The summed E-state index contributed by atoms with van der Waals surface area (Å²) in [7, 11) is 1.31. The van der Waals surface area contributed by atoms with E-state index < -0.39 is 30.4 Å². The number of carbonyl (C=O) groups is 1. The normalized spacial score (nSPS) is 12.3. The zero-order valence-electron chi connectivity index (χ0n) is 15.9. The number of nitrogens with zero attached hydrogens (tertiary/aromatic N) is 3. The molecule has 0 aliphatic heterocycles. The molecule has 1 aromatic carbocycles. The average molecular weight is 496 g/mol. The van der Waals surface area contributed by atoms with E-state index in [9.17, 15) is 18.0 Å². The highest BCUT2D eigenvalue weighted by Crippen LogP contribution is 2.41. The van der Waals surface area contributed by atoms with Gasteiger partial charge in [0.05, 0.1) is 5.02 Å². The van der Waals surface area contributed by atoms with Crippen molar-refractivity contribution in [2.24, 2.45) is 7.05 Å². The van der Waals surface area contributed by atoms with Crippen molar-refractivity contribution >= 4 is 40.5 Å². The smallest absolute Gasteiger partial charge is 0.388 e. The van der Waals surface area contributed by atoms with Crippen molar-refractivity contribution in [3.63, 3.8) is 0 Å². The van der Waals surface area contributed by atoms with Crippen LogP contribution in [-0.4, -0.2) is 32.5 Å². The highest BCUT2D eigenvalue weighted by Gasteiger charge is 2.25. The number of thiazole rings is 1. The molecule has 13 heteroatoms. The fourth-order valence-corrected chi connectivity index (χ4v) is 4.07. The van der Waals surface area contributed by atoms with Gasteiger partial charge in [-0.2, -0.15) is 13.9 Å². The first-order valence-electron chi connectivity index (χ1n) is 8.64. The third-order valence-corrected chi connectivity index (χ3v) is 5.65. The van der Waals surface area contributed by atoms with Crippen LogP contribution in [0.5, 0.6) is 11.6 Å². The number of aryl methyl sites for hydroxylation is 1. The Balaban J connectivity index is 1.98. The lowest BCUT2D eigenvalue weighted by Gasteiger charge is -2.17. The van der Waals surface area contributed by atoms with Crippen LogP contribution in [0.1, 0.15) is 34.9 Å². The largest absolute Gasteiger partial charge is 0.482 e. The van der Waals surface area contributed by atoms with Crippen LogP contribution in [0.25, 0.3) is 11.3 Å². The van der Waals surface area contributed by atoms with E-state index in [1.165, 1.54) is 18.5 Å². The Labute approximate surface area is 187 Å². The van der Waals surface area contributed by atoms with E-state index in [4.69, 9.17) is 33.0 Å². The van der Waals surface area contributed by atoms with Gasteiger partial charge >= 0.3 is 12.6 Å². The number of alkyl halides is 2. The minimum atomic E-state index is -3.14. The minimum Gasteiger partial charge on any atom is -0.482 e. The number of hydrogen-bond donors (Lipinski definition) is 1. The van der Waals surface area contributed by atoms with E-state index in [1.54, 1.807) is 6.92 Å². The van der Waals surface area contributed by atoms with Crippen molar-refractivity contribution in [1.29, 1.82) is 0 Å². The molecule has 0 spiro atoms. The van der Waals surface area contributed by atoms with Gasteiger partial charge in [-0.15, -0.1) is 11.3 Å². The lowest BCUT2D eigenvalue weighted by atomic mass is 10.1. The molecule has 7 nitrogen and oxygen atoms in total. The Morgan fingerprint density at radius 3 is 2.61 bits per heavy atom. The Bertz CT molecular complexity index is 1120. The molecule has 1 N–H and O–H groups in total. The molecule has 31 heavy (non-hydrogen) atoms. The third kappa shape index (κ3) is 4.89. The molecule has 0 amide bonds. The number of benzene rings is 1. The average Bonchev–Trinajstić information content (AvgIpc) is 3.28. The Kier molecular flexibility index (Phi) is 6.97. The second-order valence-electron chi connectivity index (χ2n) is 6.12. The topological polar surface area (TPSA) is 86.5 Å². The molecule has 0 fully saturated rings. The van der Waals surface area contributed by atoms with Gasteiger partial charge in [-0.05, 0) is 18.6 Å². The van der Waals surface area contributed by atoms with E-state index in [0.717, 1.165) is 22.1 Å². The SMILES string of the molecule is CCC(Oc1cc(-c2nn(C)c(OC(F)F)c2Cl)c(F)cc1Cl)c1nc(C(=O)O)cs1. The maximum atomic E-state index is 14.6. The number of aromatic carboxylic acids is 1. The fraction of sp³-hybridized carbons (Fsp3) is 0.278. The summed E-state index contributed by atoms with van der Waals surface area (Å²) in [5.41, 5.74) is -0.418. The molecule has 2 heterocycles. The van der Waals surface area contributed by atoms with Gasteiger partial charge in [0.2, 0.25) is 5.88 Å². The molecule has 166 valence electrons. The highest BCUT2D eigenvalue weighted by molar-refractivity contribution is 7.09. The van der Waals surface area contributed by atoms with Gasteiger partial charge in [0.15, 0.2) is 5.69 Å². The van der Waals surface area contributed by atoms with Gasteiger partial charge in [0.25, 0.3) is 0 Å². The number of hydrogen-bond acceptors (Lipinski definition) is 6. The van der Waals surface area contributed by atoms with Crippen molar-refractivity contribution in [3.05, 3.63) is 44.1 Å². The van der Waals surface area contributed by atoms with Crippen LogP contribution >= 0.6 is 34.5 Å². The summed E-state index contributed by atoms with van der Waals surface area (Å²) in [5.74, 6) is -2.36. The van der Waals surface area contributed by atoms with E-state index >= 15 is 0 Å². The fourth-order valence-electron chi connectivity index (χ4n) is 2.66. The molecular weight excluding hydrogens is 482 g/mol. The number of rotatable bonds is 8. The van der Waals surface area contributed by atoms with Crippen LogP contribution in [0.2, 0.25) is 10.0 Å². The minimum absolute atomic E-state index is 0.0510. The van der Waals surface area contributed by atoms with Crippen LogP contribution in [0.15, 0.2) is 17.5 Å². The third-order valence-electron chi connectivity index (χ3n) is 4.07. The first-order valence-corrected chi connectivity index (χ1v) is 10.3. The molecule has 0 bridgehead atoms. The molecule has 0 aliphatic rings. The summed E-state index contributed by atoms with van der Waals surface area (Å²) in [6, 6.07) is 2.20. The van der Waals surface area contributed by atoms with Crippen molar-refractivity contribution in [1.82, 2.24) is 14.8 Å². The summed E-state index contributed by atoms with van der Waals surface area (Å²) in [6.45, 7) is -1.36. The van der Waals surface area contributed by atoms with Gasteiger partial charge < -0.3 is 14.6 Å². The molecule has 1 unspecified atom stereocenters. The van der Waals surface area contributed by atoms with Crippen molar-refractivity contribution in [3.8, 4) is 22.9 Å². The number of aromatic nitrogens is 3. The van der Waals surface area contributed by atoms with E-state index in [0.29, 0.717) is 11.4 Å². The monoisotopic (exact) mass is 495 g/mol. The molecule has 2 aromatic heterocycles. The van der Waals surface area contributed by atoms with Gasteiger partial charge in [0.1, 0.15) is 33.4 Å². The van der Waals surface area contributed by atoms with Crippen molar-refractivity contribution in [2.45, 2.75) is 26.1 Å². The lowest BCUT2D eigenvalue weighted by Crippen LogP contribution is -2.08. The predicted octanol–water partition coefficient (Wildman–Crippen LogP) is 5.82. The standard InChI is InChI=1S/C18H14Cl2F3N3O4S/c1-3-11(15-24-10(6-31-15)17(27)28)29-12-4-7(9(21)5-8(12)19)14-13(20)16(26(2)25-14)30-18(22)23/h4-6,11,18H,3H2,1-2H3,(H,27,28). The van der Waals surface area contributed by atoms with Crippen molar-refractivity contribution < 1.29 is 32.5 Å². The maximum Gasteiger partial charge on any atom is 0.388 e.